The van der Waals surface area contributed by atoms with Gasteiger partial charge in [0.2, 0.25) is 0 Å². The minimum absolute atomic E-state index is 0.229. The van der Waals surface area contributed by atoms with Crippen molar-refractivity contribution < 1.29 is 9.21 Å². The number of hydrogen-bond donors (Lipinski definition) is 1. The van der Waals surface area contributed by atoms with E-state index in [2.05, 4.69) is 21.2 Å². The minimum atomic E-state index is -0.626. The van der Waals surface area contributed by atoms with E-state index in [1.54, 1.807) is 10.6 Å². The lowest BCUT2D eigenvalue weighted by atomic mass is 9.95. The number of benzene rings is 3. The summed E-state index contributed by atoms with van der Waals surface area (Å²) in [7, 11) is 0. The summed E-state index contributed by atoms with van der Waals surface area (Å²) >= 11 is 4.73. The van der Waals surface area contributed by atoms with Gasteiger partial charge in [0.15, 0.2) is 4.80 Å². The molecule has 6 rings (SSSR count). The SMILES string of the molecule is CC1=C(C(=O)Nc2ccccc2C)[C@@H](c2ccccc2)n2c(sc(=Cc3ccc(-c4ccc(Br)cc4)o3)c2=O)=N1. The second kappa shape index (κ2) is 10.7. The van der Waals surface area contributed by atoms with Crippen LogP contribution >= 0.6 is 27.3 Å². The highest BCUT2D eigenvalue weighted by molar-refractivity contribution is 9.10. The van der Waals surface area contributed by atoms with Crippen molar-refractivity contribution in [1.82, 2.24) is 4.57 Å². The third-order valence-electron chi connectivity index (χ3n) is 6.80. The molecule has 6 nitrogen and oxygen atoms in total. The molecule has 0 bridgehead atoms. The molecule has 0 aliphatic carbocycles. The van der Waals surface area contributed by atoms with Crippen LogP contribution in [0.15, 0.2) is 121 Å². The van der Waals surface area contributed by atoms with Gasteiger partial charge in [-0.2, -0.15) is 0 Å². The summed E-state index contributed by atoms with van der Waals surface area (Å²) in [5.74, 6) is 0.983. The van der Waals surface area contributed by atoms with Crippen LogP contribution in [0.3, 0.4) is 0 Å². The third-order valence-corrected chi connectivity index (χ3v) is 8.32. The molecule has 0 spiro atoms. The highest BCUT2D eigenvalue weighted by Crippen LogP contribution is 2.31. The van der Waals surface area contributed by atoms with Gasteiger partial charge in [-0.05, 0) is 55.3 Å². The van der Waals surface area contributed by atoms with Crippen molar-refractivity contribution in [3.8, 4) is 11.3 Å². The highest BCUT2D eigenvalue weighted by Gasteiger charge is 2.32. The van der Waals surface area contributed by atoms with Crippen LogP contribution in [0.5, 0.6) is 0 Å². The Balaban J connectivity index is 1.44. The number of carbonyl (C=O) groups excluding carboxylic acids is 1. The fourth-order valence-electron chi connectivity index (χ4n) is 4.79. The molecule has 40 heavy (non-hydrogen) atoms. The Morgan fingerprint density at radius 3 is 2.45 bits per heavy atom. The molecule has 3 aromatic carbocycles. The van der Waals surface area contributed by atoms with E-state index >= 15 is 0 Å². The molecule has 1 amide bonds. The van der Waals surface area contributed by atoms with Gasteiger partial charge in [-0.3, -0.25) is 14.2 Å². The number of amides is 1. The first-order valence-corrected chi connectivity index (χ1v) is 14.3. The van der Waals surface area contributed by atoms with Crippen molar-refractivity contribution in [2.45, 2.75) is 19.9 Å². The molecule has 0 unspecified atom stereocenters. The number of aromatic nitrogens is 1. The Morgan fingerprint density at radius 1 is 0.975 bits per heavy atom. The van der Waals surface area contributed by atoms with E-state index in [9.17, 15) is 9.59 Å². The van der Waals surface area contributed by atoms with Crippen LogP contribution in [-0.4, -0.2) is 10.5 Å². The first kappa shape index (κ1) is 26.0. The zero-order valence-corrected chi connectivity index (χ0v) is 24.1. The van der Waals surface area contributed by atoms with Gasteiger partial charge >= 0.3 is 0 Å². The van der Waals surface area contributed by atoms with Crippen LogP contribution in [0.4, 0.5) is 5.69 Å². The van der Waals surface area contributed by atoms with Crippen LogP contribution in [-0.2, 0) is 4.79 Å². The molecule has 0 radical (unpaired) electrons. The molecule has 1 atom stereocenters. The van der Waals surface area contributed by atoms with Crippen molar-refractivity contribution in [3.05, 3.63) is 143 Å². The van der Waals surface area contributed by atoms with Gasteiger partial charge in [0, 0.05) is 21.8 Å². The average Bonchev–Trinajstić information content (AvgIpc) is 3.54. The van der Waals surface area contributed by atoms with Crippen LogP contribution in [0.25, 0.3) is 17.4 Å². The van der Waals surface area contributed by atoms with Crippen LogP contribution in [0, 0.1) is 6.92 Å². The van der Waals surface area contributed by atoms with Gasteiger partial charge in [0.05, 0.1) is 21.8 Å². The Hall–Kier alpha value is -4.27. The molecule has 1 aliphatic rings. The van der Waals surface area contributed by atoms with E-state index in [1.165, 1.54) is 11.3 Å². The fraction of sp³-hybridized carbons (Fsp3) is 0.0938. The Morgan fingerprint density at radius 2 is 1.70 bits per heavy atom. The van der Waals surface area contributed by atoms with E-state index < -0.39 is 6.04 Å². The van der Waals surface area contributed by atoms with Crippen molar-refractivity contribution >= 4 is 44.9 Å². The second-order valence-electron chi connectivity index (χ2n) is 9.47. The predicted molar refractivity (Wildman–Crippen MR) is 162 cm³/mol. The maximum atomic E-state index is 13.9. The summed E-state index contributed by atoms with van der Waals surface area (Å²) in [5.41, 5.74) is 4.21. The topological polar surface area (TPSA) is 76.6 Å². The van der Waals surface area contributed by atoms with Crippen molar-refractivity contribution in [1.29, 1.82) is 0 Å². The van der Waals surface area contributed by atoms with Gasteiger partial charge in [-0.25, -0.2) is 4.99 Å². The number of anilines is 1. The summed E-state index contributed by atoms with van der Waals surface area (Å²) in [6.45, 7) is 3.76. The Kier molecular flexibility index (Phi) is 6.96. The first-order chi connectivity index (χ1) is 19.4. The van der Waals surface area contributed by atoms with Crippen LogP contribution < -0.4 is 20.2 Å². The molecule has 0 saturated heterocycles. The number of nitrogens with zero attached hydrogens (tertiary/aromatic N) is 2. The number of aryl methyl sites for hydroxylation is 1. The number of thiazole rings is 1. The molecule has 8 heteroatoms. The normalized spacial score (nSPS) is 15.1. The van der Waals surface area contributed by atoms with Crippen molar-refractivity contribution in [2.24, 2.45) is 4.99 Å². The number of allylic oxidation sites excluding steroid dienone is 1. The summed E-state index contributed by atoms with van der Waals surface area (Å²) in [4.78, 5) is 32.9. The number of furan rings is 1. The molecule has 5 aromatic rings. The maximum Gasteiger partial charge on any atom is 0.271 e. The van der Waals surface area contributed by atoms with E-state index in [0.29, 0.717) is 32.1 Å². The number of rotatable bonds is 5. The zero-order valence-electron chi connectivity index (χ0n) is 21.7. The standard InChI is InChI=1S/C32H24BrN3O3S/c1-19-8-6-7-11-25(19)35-30(37)28-20(2)34-32-36(29(28)22-9-4-3-5-10-22)31(38)27(40-32)18-24-16-17-26(39-24)21-12-14-23(33)15-13-21/h3-18,29H,1-2H3,(H,35,37)/t29-/m1/s1. The van der Waals surface area contributed by atoms with E-state index in [4.69, 9.17) is 9.41 Å². The van der Waals surface area contributed by atoms with E-state index in [-0.39, 0.29) is 11.5 Å². The highest BCUT2D eigenvalue weighted by atomic mass is 79.9. The summed E-state index contributed by atoms with van der Waals surface area (Å²) in [5, 5.41) is 3.03. The van der Waals surface area contributed by atoms with Gasteiger partial charge in [-0.1, -0.05) is 87.9 Å². The smallest absolute Gasteiger partial charge is 0.271 e. The molecular formula is C32H24BrN3O3S. The monoisotopic (exact) mass is 609 g/mol. The summed E-state index contributed by atoms with van der Waals surface area (Å²) in [6.07, 6.45) is 1.74. The molecule has 1 N–H and O–H groups in total. The molecule has 0 fully saturated rings. The van der Waals surface area contributed by atoms with Crippen LogP contribution in [0.1, 0.15) is 29.9 Å². The quantitative estimate of drug-likeness (QED) is 0.257. The summed E-state index contributed by atoms with van der Waals surface area (Å²) < 4.78 is 9.13. The number of nitrogens with one attached hydrogen (secondary N) is 1. The third kappa shape index (κ3) is 4.92. The van der Waals surface area contributed by atoms with Gasteiger partial charge < -0.3 is 9.73 Å². The molecule has 0 saturated carbocycles. The van der Waals surface area contributed by atoms with Crippen molar-refractivity contribution in [2.75, 3.05) is 5.32 Å². The van der Waals surface area contributed by atoms with E-state index in [0.717, 1.165) is 26.9 Å². The lowest BCUT2D eigenvalue weighted by Crippen LogP contribution is -2.40. The predicted octanol–water partition coefficient (Wildman–Crippen LogP) is 6.20. The molecule has 198 valence electrons. The molecule has 3 heterocycles. The number of halogens is 1. The Labute approximate surface area is 242 Å². The molecular weight excluding hydrogens is 586 g/mol. The molecule has 1 aliphatic heterocycles. The fourth-order valence-corrected chi connectivity index (χ4v) is 6.09. The lowest BCUT2D eigenvalue weighted by Gasteiger charge is -2.25. The van der Waals surface area contributed by atoms with E-state index in [1.807, 2.05) is 105 Å². The zero-order chi connectivity index (χ0) is 27.8. The average molecular weight is 611 g/mol. The van der Waals surface area contributed by atoms with Gasteiger partial charge in [-0.15, -0.1) is 0 Å². The largest absolute Gasteiger partial charge is 0.457 e. The lowest BCUT2D eigenvalue weighted by molar-refractivity contribution is -0.113. The molecule has 2 aromatic heterocycles. The number of fused-ring (bicyclic) bond motifs is 1. The van der Waals surface area contributed by atoms with Crippen molar-refractivity contribution in [3.63, 3.8) is 0 Å². The number of hydrogen-bond acceptors (Lipinski definition) is 5. The number of para-hydroxylation sites is 1. The Bertz CT molecular complexity index is 1950. The van der Waals surface area contributed by atoms with Crippen LogP contribution in [0.2, 0.25) is 0 Å². The summed E-state index contributed by atoms with van der Waals surface area (Å²) in [6, 6.07) is 28.1. The van der Waals surface area contributed by atoms with Gasteiger partial charge in [0.1, 0.15) is 11.5 Å². The second-order valence-corrected chi connectivity index (χ2v) is 11.4. The minimum Gasteiger partial charge on any atom is -0.457 e. The first-order valence-electron chi connectivity index (χ1n) is 12.7. The maximum absolute atomic E-state index is 13.9. The number of carbonyl (C=O) groups is 1. The van der Waals surface area contributed by atoms with Gasteiger partial charge in [0.25, 0.3) is 11.5 Å².